The number of carbonyl (C=O) groups excluding carboxylic acids is 1. The molecule has 194 valence electrons. The van der Waals surface area contributed by atoms with Crippen LogP contribution >= 0.6 is 0 Å². The molecule has 9 heteroatoms. The minimum absolute atomic E-state index is 0.0698. The Morgan fingerprint density at radius 3 is 2.35 bits per heavy atom. The maximum absolute atomic E-state index is 13.4. The van der Waals surface area contributed by atoms with Crippen molar-refractivity contribution < 1.29 is 27.1 Å². The Morgan fingerprint density at radius 1 is 1.05 bits per heavy atom. The third-order valence-electron chi connectivity index (χ3n) is 6.99. The maximum Gasteiger partial charge on any atom is 0.416 e. The largest absolute Gasteiger partial charge is 0.490 e. The van der Waals surface area contributed by atoms with Crippen LogP contribution in [0.15, 0.2) is 42.5 Å². The lowest BCUT2D eigenvalue weighted by molar-refractivity contribution is -0.137. The Morgan fingerprint density at radius 2 is 1.73 bits per heavy atom. The second-order valence-electron chi connectivity index (χ2n) is 9.39. The topological polar surface area (TPSA) is 65.4 Å². The van der Waals surface area contributed by atoms with E-state index in [9.17, 15) is 27.6 Å². The highest BCUT2D eigenvalue weighted by Gasteiger charge is 2.36. The third kappa shape index (κ3) is 6.23. The zero-order chi connectivity index (χ0) is 26.6. The number of likely N-dealkylation sites (tertiary alicyclic amines) is 1. The van der Waals surface area contributed by atoms with E-state index in [2.05, 4.69) is 17.3 Å². The molecule has 1 saturated carbocycles. The summed E-state index contributed by atoms with van der Waals surface area (Å²) in [6.07, 6.45) is 4.70. The summed E-state index contributed by atoms with van der Waals surface area (Å²) in [7, 11) is 0. The molecule has 2 fully saturated rings. The van der Waals surface area contributed by atoms with E-state index in [4.69, 9.17) is 11.2 Å². The monoisotopic (exact) mass is 513 g/mol. The summed E-state index contributed by atoms with van der Waals surface area (Å²) < 4.78 is 59.5. The van der Waals surface area contributed by atoms with Crippen molar-refractivity contribution in [1.29, 1.82) is 5.26 Å². The van der Waals surface area contributed by atoms with Crippen LogP contribution in [0.4, 0.5) is 17.6 Å². The number of rotatable bonds is 6. The van der Waals surface area contributed by atoms with E-state index >= 15 is 0 Å². The SMILES string of the molecule is C#C[C@H]1CC[C@@H](C#N)N1C(=O)CNC1CCC(Oc2ccc(C(F)(F)F)cc2-c2ccc(F)cc2)CC1. The molecule has 0 unspecified atom stereocenters. The van der Waals surface area contributed by atoms with Gasteiger partial charge < -0.3 is 15.0 Å². The van der Waals surface area contributed by atoms with Gasteiger partial charge in [0.2, 0.25) is 5.91 Å². The minimum Gasteiger partial charge on any atom is -0.490 e. The smallest absolute Gasteiger partial charge is 0.416 e. The highest BCUT2D eigenvalue weighted by atomic mass is 19.4. The highest BCUT2D eigenvalue weighted by Crippen LogP contribution is 2.38. The minimum atomic E-state index is -4.52. The first-order valence-electron chi connectivity index (χ1n) is 12.2. The van der Waals surface area contributed by atoms with E-state index in [0.29, 0.717) is 49.8 Å². The number of nitrogens with zero attached hydrogens (tertiary/aromatic N) is 2. The van der Waals surface area contributed by atoms with Gasteiger partial charge in [0.1, 0.15) is 17.6 Å². The summed E-state index contributed by atoms with van der Waals surface area (Å²) >= 11 is 0. The summed E-state index contributed by atoms with van der Waals surface area (Å²) in [5.41, 5.74) is -0.124. The molecule has 0 aromatic heterocycles. The van der Waals surface area contributed by atoms with E-state index in [1.807, 2.05) is 0 Å². The van der Waals surface area contributed by atoms with Gasteiger partial charge in [-0.25, -0.2) is 4.39 Å². The Labute approximate surface area is 213 Å². The van der Waals surface area contributed by atoms with Gasteiger partial charge in [-0.2, -0.15) is 18.4 Å². The molecule has 1 amide bonds. The van der Waals surface area contributed by atoms with Crippen molar-refractivity contribution >= 4 is 5.91 Å². The molecular formula is C28H27F4N3O2. The van der Waals surface area contributed by atoms with Gasteiger partial charge >= 0.3 is 6.18 Å². The molecule has 0 radical (unpaired) electrons. The number of nitrogens with one attached hydrogen (secondary N) is 1. The third-order valence-corrected chi connectivity index (χ3v) is 6.99. The molecule has 37 heavy (non-hydrogen) atoms. The van der Waals surface area contributed by atoms with E-state index in [0.717, 1.165) is 12.1 Å². The van der Waals surface area contributed by atoms with Crippen molar-refractivity contribution in [1.82, 2.24) is 10.2 Å². The molecule has 1 aliphatic carbocycles. The van der Waals surface area contributed by atoms with Crippen LogP contribution in [0, 0.1) is 29.5 Å². The lowest BCUT2D eigenvalue weighted by Crippen LogP contribution is -2.47. The summed E-state index contributed by atoms with van der Waals surface area (Å²) in [5.74, 6) is 2.22. The average molecular weight is 514 g/mol. The van der Waals surface area contributed by atoms with Gasteiger partial charge in [-0.3, -0.25) is 4.79 Å². The molecular weight excluding hydrogens is 486 g/mol. The Hall–Kier alpha value is -3.56. The van der Waals surface area contributed by atoms with Crippen LogP contribution in [0.2, 0.25) is 0 Å². The summed E-state index contributed by atoms with van der Waals surface area (Å²) in [6.45, 7) is 0.0835. The fourth-order valence-corrected chi connectivity index (χ4v) is 5.00. The summed E-state index contributed by atoms with van der Waals surface area (Å²) in [6, 6.07) is 9.93. The molecule has 0 spiro atoms. The number of hydrogen-bond donors (Lipinski definition) is 1. The number of amides is 1. The second-order valence-corrected chi connectivity index (χ2v) is 9.39. The van der Waals surface area contributed by atoms with Crippen LogP contribution in [0.25, 0.3) is 11.1 Å². The van der Waals surface area contributed by atoms with Crippen molar-refractivity contribution in [3.63, 3.8) is 0 Å². The van der Waals surface area contributed by atoms with Crippen molar-refractivity contribution in [3.8, 4) is 35.3 Å². The number of ether oxygens (including phenoxy) is 1. The zero-order valence-electron chi connectivity index (χ0n) is 20.1. The number of halogens is 4. The molecule has 1 heterocycles. The quantitative estimate of drug-likeness (QED) is 0.420. The molecule has 1 aliphatic heterocycles. The first kappa shape index (κ1) is 26.5. The van der Waals surface area contributed by atoms with E-state index < -0.39 is 23.6 Å². The average Bonchev–Trinajstić information content (AvgIpc) is 3.32. The first-order chi connectivity index (χ1) is 17.7. The Kier molecular flexibility index (Phi) is 8.04. The van der Waals surface area contributed by atoms with Gasteiger partial charge in [-0.05, 0) is 74.4 Å². The zero-order valence-corrected chi connectivity index (χ0v) is 20.1. The van der Waals surface area contributed by atoms with Gasteiger partial charge in [-0.15, -0.1) is 6.42 Å². The van der Waals surface area contributed by atoms with Crippen molar-refractivity contribution in [3.05, 3.63) is 53.8 Å². The predicted octanol–water partition coefficient (Wildman–Crippen LogP) is 5.31. The molecule has 2 aromatic rings. The molecule has 4 rings (SSSR count). The standard InChI is InChI=1S/C28H27F4N3O2/c1-2-22-10-11-23(16-33)35(22)27(36)17-34-21-8-12-24(13-9-21)37-26-14-5-19(28(30,31)32)15-25(26)18-3-6-20(29)7-4-18/h1,3-7,14-15,21-24,34H,8-13,17H2/t21?,22-,23-,24?/m0/s1. The first-order valence-corrected chi connectivity index (χ1v) is 12.2. The van der Waals surface area contributed by atoms with Crippen LogP contribution in [0.1, 0.15) is 44.1 Å². The van der Waals surface area contributed by atoms with Gasteiger partial charge in [0.15, 0.2) is 0 Å². The Balaban J connectivity index is 1.37. The number of nitriles is 1. The van der Waals surface area contributed by atoms with Gasteiger partial charge in [0, 0.05) is 11.6 Å². The molecule has 1 N–H and O–H groups in total. The van der Waals surface area contributed by atoms with Gasteiger partial charge in [-0.1, -0.05) is 18.1 Å². The van der Waals surface area contributed by atoms with Gasteiger partial charge in [0.05, 0.1) is 30.3 Å². The van der Waals surface area contributed by atoms with Crippen LogP contribution in [-0.2, 0) is 11.0 Å². The highest BCUT2D eigenvalue weighted by molar-refractivity contribution is 5.80. The van der Waals surface area contributed by atoms with Crippen molar-refractivity contribution in [2.24, 2.45) is 0 Å². The molecule has 2 atom stereocenters. The molecule has 2 aliphatic rings. The number of carbonyl (C=O) groups is 1. The van der Waals surface area contributed by atoms with Crippen molar-refractivity contribution in [2.75, 3.05) is 6.54 Å². The maximum atomic E-state index is 13.4. The molecule has 5 nitrogen and oxygen atoms in total. The number of terminal acetylenes is 1. The van der Waals surface area contributed by atoms with Crippen LogP contribution in [-0.4, -0.2) is 41.6 Å². The van der Waals surface area contributed by atoms with E-state index in [-0.39, 0.29) is 36.2 Å². The fraction of sp³-hybridized carbons (Fsp3) is 0.429. The van der Waals surface area contributed by atoms with E-state index in [1.54, 1.807) is 0 Å². The predicted molar refractivity (Wildman–Crippen MR) is 130 cm³/mol. The van der Waals surface area contributed by atoms with Crippen LogP contribution in [0.5, 0.6) is 5.75 Å². The molecule has 2 aromatic carbocycles. The fourth-order valence-electron chi connectivity index (χ4n) is 5.00. The summed E-state index contributed by atoms with van der Waals surface area (Å²) in [4.78, 5) is 14.2. The van der Waals surface area contributed by atoms with Crippen LogP contribution < -0.4 is 10.1 Å². The second kappa shape index (κ2) is 11.2. The normalized spacial score (nSPS) is 23.8. The number of hydrogen-bond acceptors (Lipinski definition) is 4. The van der Waals surface area contributed by atoms with Crippen LogP contribution in [0.3, 0.4) is 0 Å². The number of alkyl halides is 3. The molecule has 0 bridgehead atoms. The lowest BCUT2D eigenvalue weighted by Gasteiger charge is -2.31. The Bertz CT molecular complexity index is 1170. The van der Waals surface area contributed by atoms with Gasteiger partial charge in [0.25, 0.3) is 0 Å². The van der Waals surface area contributed by atoms with Crippen molar-refractivity contribution in [2.45, 2.75) is 68.9 Å². The number of benzene rings is 2. The van der Waals surface area contributed by atoms with E-state index in [1.165, 1.54) is 35.2 Å². The summed E-state index contributed by atoms with van der Waals surface area (Å²) in [5, 5.41) is 12.6. The lowest BCUT2D eigenvalue weighted by atomic mass is 9.92. The molecule has 1 saturated heterocycles.